The van der Waals surface area contributed by atoms with Crippen LogP contribution in [0.1, 0.15) is 30.1 Å². The SMILES string of the molecule is CNCc1nnc(SCc2cnc(C)cn2)n1CC1CCCO1.Cl. The minimum atomic E-state index is 0. The molecule has 0 bridgehead atoms. The highest BCUT2D eigenvalue weighted by Crippen LogP contribution is 2.23. The average Bonchev–Trinajstić information content (AvgIpc) is 3.19. The predicted octanol–water partition coefficient (Wildman–Crippen LogP) is 1.99. The number of rotatable bonds is 7. The number of hydrogen-bond acceptors (Lipinski definition) is 7. The maximum atomic E-state index is 5.76. The zero-order valence-electron chi connectivity index (χ0n) is 13.9. The van der Waals surface area contributed by atoms with Gasteiger partial charge < -0.3 is 14.6 Å². The lowest BCUT2D eigenvalue weighted by Crippen LogP contribution is -2.20. The Morgan fingerprint density at radius 3 is 2.88 bits per heavy atom. The van der Waals surface area contributed by atoms with E-state index in [1.807, 2.05) is 20.2 Å². The monoisotopic (exact) mass is 370 g/mol. The largest absolute Gasteiger partial charge is 0.376 e. The van der Waals surface area contributed by atoms with Crippen molar-refractivity contribution >= 4 is 24.2 Å². The van der Waals surface area contributed by atoms with Gasteiger partial charge >= 0.3 is 0 Å². The highest BCUT2D eigenvalue weighted by Gasteiger charge is 2.20. The van der Waals surface area contributed by atoms with E-state index in [4.69, 9.17) is 4.74 Å². The molecule has 0 aromatic carbocycles. The molecule has 1 N–H and O–H groups in total. The fraction of sp³-hybridized carbons (Fsp3) is 0.600. The first-order valence-corrected chi connectivity index (χ1v) is 8.83. The summed E-state index contributed by atoms with van der Waals surface area (Å²) in [6.45, 7) is 4.30. The number of aryl methyl sites for hydroxylation is 1. The van der Waals surface area contributed by atoms with Crippen molar-refractivity contribution in [2.24, 2.45) is 0 Å². The third-order valence-electron chi connectivity index (χ3n) is 3.72. The Morgan fingerprint density at radius 1 is 1.33 bits per heavy atom. The topological polar surface area (TPSA) is 77.8 Å². The van der Waals surface area contributed by atoms with Crippen molar-refractivity contribution < 1.29 is 4.74 Å². The predicted molar refractivity (Wildman–Crippen MR) is 95.3 cm³/mol. The Balaban J connectivity index is 0.00000208. The molecule has 24 heavy (non-hydrogen) atoms. The quantitative estimate of drug-likeness (QED) is 0.746. The van der Waals surface area contributed by atoms with E-state index in [0.29, 0.717) is 6.54 Å². The Morgan fingerprint density at radius 2 is 2.21 bits per heavy atom. The van der Waals surface area contributed by atoms with Crippen molar-refractivity contribution in [2.45, 2.75) is 49.9 Å². The molecule has 0 amide bonds. The van der Waals surface area contributed by atoms with Crippen LogP contribution < -0.4 is 5.32 Å². The van der Waals surface area contributed by atoms with Crippen molar-refractivity contribution in [1.29, 1.82) is 0 Å². The zero-order valence-corrected chi connectivity index (χ0v) is 15.6. The minimum Gasteiger partial charge on any atom is -0.376 e. The molecule has 132 valence electrons. The van der Waals surface area contributed by atoms with E-state index >= 15 is 0 Å². The number of aromatic nitrogens is 5. The summed E-state index contributed by atoms with van der Waals surface area (Å²) in [6.07, 6.45) is 6.11. The molecule has 1 aliphatic rings. The van der Waals surface area contributed by atoms with Crippen LogP contribution in [0.3, 0.4) is 0 Å². The lowest BCUT2D eigenvalue weighted by atomic mass is 10.2. The first-order valence-electron chi connectivity index (χ1n) is 7.85. The zero-order chi connectivity index (χ0) is 16.1. The summed E-state index contributed by atoms with van der Waals surface area (Å²) >= 11 is 1.64. The molecule has 1 atom stereocenters. The first-order chi connectivity index (χ1) is 11.3. The maximum Gasteiger partial charge on any atom is 0.191 e. The summed E-state index contributed by atoms with van der Waals surface area (Å²) in [4.78, 5) is 8.67. The third-order valence-corrected chi connectivity index (χ3v) is 4.72. The van der Waals surface area contributed by atoms with Gasteiger partial charge in [0.1, 0.15) is 5.82 Å². The second kappa shape index (κ2) is 9.31. The summed E-state index contributed by atoms with van der Waals surface area (Å²) in [5.74, 6) is 1.68. The van der Waals surface area contributed by atoms with Gasteiger partial charge in [-0.05, 0) is 26.8 Å². The van der Waals surface area contributed by atoms with Gasteiger partial charge in [0, 0.05) is 24.8 Å². The van der Waals surface area contributed by atoms with E-state index in [9.17, 15) is 0 Å². The fourth-order valence-electron chi connectivity index (χ4n) is 2.52. The third kappa shape index (κ3) is 4.89. The molecule has 0 aliphatic carbocycles. The standard InChI is InChI=1S/C15H22N6OS.ClH/c1-11-6-18-12(7-17-11)10-23-15-20-19-14(8-16-2)21(15)9-13-4-3-5-22-13;/h6-7,13,16H,3-5,8-10H2,1-2H3;1H. The second-order valence-electron chi connectivity index (χ2n) is 5.61. The van der Waals surface area contributed by atoms with E-state index in [2.05, 4.69) is 30.0 Å². The van der Waals surface area contributed by atoms with Gasteiger partial charge in [0.2, 0.25) is 0 Å². The van der Waals surface area contributed by atoms with E-state index in [0.717, 1.165) is 54.1 Å². The molecule has 9 heteroatoms. The molecule has 1 saturated heterocycles. The summed E-state index contributed by atoms with van der Waals surface area (Å²) in [7, 11) is 1.92. The summed E-state index contributed by atoms with van der Waals surface area (Å²) < 4.78 is 7.93. The van der Waals surface area contributed by atoms with Crippen molar-refractivity contribution in [1.82, 2.24) is 30.0 Å². The van der Waals surface area contributed by atoms with Gasteiger partial charge in [-0.25, -0.2) is 0 Å². The smallest absolute Gasteiger partial charge is 0.191 e. The van der Waals surface area contributed by atoms with Crippen LogP contribution >= 0.6 is 24.2 Å². The Kier molecular flexibility index (Phi) is 7.41. The summed E-state index contributed by atoms with van der Waals surface area (Å²) in [5.41, 5.74) is 1.87. The molecular formula is C15H23ClN6OS. The van der Waals surface area contributed by atoms with E-state index < -0.39 is 0 Å². The Hall–Kier alpha value is -1.22. The first kappa shape index (κ1) is 19.1. The second-order valence-corrected chi connectivity index (χ2v) is 6.56. The summed E-state index contributed by atoms with van der Waals surface area (Å²) in [5, 5.41) is 12.7. The summed E-state index contributed by atoms with van der Waals surface area (Å²) in [6, 6.07) is 0. The van der Waals surface area contributed by atoms with E-state index in [-0.39, 0.29) is 18.5 Å². The van der Waals surface area contributed by atoms with Crippen LogP contribution in [-0.4, -0.2) is 44.5 Å². The van der Waals surface area contributed by atoms with Gasteiger partial charge in [-0.1, -0.05) is 11.8 Å². The van der Waals surface area contributed by atoms with Crippen molar-refractivity contribution in [2.75, 3.05) is 13.7 Å². The van der Waals surface area contributed by atoms with Gasteiger partial charge in [-0.15, -0.1) is 22.6 Å². The van der Waals surface area contributed by atoms with Gasteiger partial charge in [0.05, 0.1) is 30.6 Å². The number of ether oxygens (including phenoxy) is 1. The Bertz CT molecular complexity index is 629. The molecule has 2 aromatic heterocycles. The van der Waals surface area contributed by atoms with Crippen LogP contribution in [0.4, 0.5) is 0 Å². The van der Waals surface area contributed by atoms with Crippen molar-refractivity contribution in [3.05, 3.63) is 29.6 Å². The highest BCUT2D eigenvalue weighted by atomic mass is 35.5. The molecule has 0 radical (unpaired) electrons. The Labute approximate surface area is 152 Å². The number of hydrogen-bond donors (Lipinski definition) is 1. The van der Waals surface area contributed by atoms with Gasteiger partial charge in [-0.3, -0.25) is 9.97 Å². The molecule has 0 spiro atoms. The van der Waals surface area contributed by atoms with Crippen LogP contribution in [0.25, 0.3) is 0 Å². The minimum absolute atomic E-state index is 0. The number of halogens is 1. The van der Waals surface area contributed by atoms with Crippen LogP contribution in [0.15, 0.2) is 17.6 Å². The lowest BCUT2D eigenvalue weighted by Gasteiger charge is -2.14. The molecule has 1 unspecified atom stereocenters. The maximum absolute atomic E-state index is 5.76. The fourth-order valence-corrected chi connectivity index (χ4v) is 3.38. The molecule has 3 rings (SSSR count). The number of nitrogens with one attached hydrogen (secondary N) is 1. The normalized spacial score (nSPS) is 17.0. The van der Waals surface area contributed by atoms with Gasteiger partial charge in [0.25, 0.3) is 0 Å². The van der Waals surface area contributed by atoms with E-state index in [1.54, 1.807) is 18.0 Å². The molecule has 2 aromatic rings. The van der Waals surface area contributed by atoms with Crippen LogP contribution in [0.5, 0.6) is 0 Å². The van der Waals surface area contributed by atoms with Crippen molar-refractivity contribution in [3.8, 4) is 0 Å². The molecule has 7 nitrogen and oxygen atoms in total. The molecule has 1 fully saturated rings. The van der Waals surface area contributed by atoms with Gasteiger partial charge in [0.15, 0.2) is 5.16 Å². The molecule has 3 heterocycles. The van der Waals surface area contributed by atoms with E-state index in [1.165, 1.54) is 0 Å². The van der Waals surface area contributed by atoms with Crippen molar-refractivity contribution in [3.63, 3.8) is 0 Å². The number of thioether (sulfide) groups is 1. The lowest BCUT2D eigenvalue weighted by molar-refractivity contribution is 0.0941. The van der Waals surface area contributed by atoms with Crippen LogP contribution in [-0.2, 0) is 23.6 Å². The van der Waals surface area contributed by atoms with Crippen LogP contribution in [0.2, 0.25) is 0 Å². The molecule has 0 saturated carbocycles. The highest BCUT2D eigenvalue weighted by molar-refractivity contribution is 7.98. The molecule has 1 aliphatic heterocycles. The van der Waals surface area contributed by atoms with Gasteiger partial charge in [-0.2, -0.15) is 0 Å². The molecular weight excluding hydrogens is 348 g/mol. The number of nitrogens with zero attached hydrogens (tertiary/aromatic N) is 5. The average molecular weight is 371 g/mol. The van der Waals surface area contributed by atoms with Crippen LogP contribution in [0, 0.1) is 6.92 Å².